The standard InChI is InChI=1S/C13H17NO/c1-2-10-3-4-12(15)9-13(10)11-5-7-14-8-6-11/h5-8,10,13H,2-4,9H2,1H3. The molecule has 1 aromatic heterocycles. The van der Waals surface area contributed by atoms with Crippen molar-refractivity contribution in [2.45, 2.75) is 38.5 Å². The van der Waals surface area contributed by atoms with E-state index in [4.69, 9.17) is 0 Å². The van der Waals surface area contributed by atoms with Gasteiger partial charge in [-0.05, 0) is 36.0 Å². The zero-order valence-corrected chi connectivity index (χ0v) is 9.15. The number of carbonyl (C=O) groups is 1. The number of nitrogens with zero attached hydrogens (tertiary/aromatic N) is 1. The molecule has 1 aromatic rings. The number of aromatic nitrogens is 1. The van der Waals surface area contributed by atoms with Crippen molar-refractivity contribution in [2.75, 3.05) is 0 Å². The predicted molar refractivity (Wildman–Crippen MR) is 59.6 cm³/mol. The van der Waals surface area contributed by atoms with Gasteiger partial charge in [0.1, 0.15) is 5.78 Å². The quantitative estimate of drug-likeness (QED) is 0.739. The summed E-state index contributed by atoms with van der Waals surface area (Å²) >= 11 is 0. The Balaban J connectivity index is 2.21. The van der Waals surface area contributed by atoms with Crippen molar-refractivity contribution in [1.82, 2.24) is 4.98 Å². The molecular formula is C13H17NO. The maximum atomic E-state index is 11.5. The molecule has 2 heteroatoms. The Morgan fingerprint density at radius 3 is 2.80 bits per heavy atom. The Hall–Kier alpha value is -1.18. The van der Waals surface area contributed by atoms with Gasteiger partial charge in [0.2, 0.25) is 0 Å². The number of rotatable bonds is 2. The third-order valence-electron chi connectivity index (χ3n) is 3.47. The van der Waals surface area contributed by atoms with Crippen LogP contribution >= 0.6 is 0 Å². The summed E-state index contributed by atoms with van der Waals surface area (Å²) in [7, 11) is 0. The molecule has 2 nitrogen and oxygen atoms in total. The highest BCUT2D eigenvalue weighted by molar-refractivity contribution is 5.80. The molecule has 1 saturated carbocycles. The van der Waals surface area contributed by atoms with Crippen LogP contribution in [0, 0.1) is 5.92 Å². The van der Waals surface area contributed by atoms with Crippen molar-refractivity contribution >= 4 is 5.78 Å². The van der Waals surface area contributed by atoms with Crippen molar-refractivity contribution in [3.8, 4) is 0 Å². The second kappa shape index (κ2) is 4.56. The average Bonchev–Trinajstić information content (AvgIpc) is 2.30. The van der Waals surface area contributed by atoms with Gasteiger partial charge in [-0.1, -0.05) is 13.3 Å². The fraction of sp³-hybridized carbons (Fsp3) is 0.538. The van der Waals surface area contributed by atoms with Gasteiger partial charge in [-0.2, -0.15) is 0 Å². The first-order valence-electron chi connectivity index (χ1n) is 5.73. The van der Waals surface area contributed by atoms with Gasteiger partial charge >= 0.3 is 0 Å². The van der Waals surface area contributed by atoms with Crippen LogP contribution < -0.4 is 0 Å². The van der Waals surface area contributed by atoms with E-state index in [1.54, 1.807) is 0 Å². The molecule has 2 atom stereocenters. The number of Topliss-reactive ketones (excluding diaryl/α,β-unsaturated/α-hetero) is 1. The van der Waals surface area contributed by atoms with Crippen molar-refractivity contribution in [1.29, 1.82) is 0 Å². The van der Waals surface area contributed by atoms with Gasteiger partial charge in [0.15, 0.2) is 0 Å². The van der Waals surface area contributed by atoms with Crippen LogP contribution in [0.5, 0.6) is 0 Å². The normalized spacial score (nSPS) is 26.6. The second-order valence-corrected chi connectivity index (χ2v) is 4.34. The molecule has 1 aliphatic rings. The number of carbonyl (C=O) groups excluding carboxylic acids is 1. The van der Waals surface area contributed by atoms with Crippen LogP contribution in [0.3, 0.4) is 0 Å². The van der Waals surface area contributed by atoms with Crippen molar-refractivity contribution < 1.29 is 4.79 Å². The average molecular weight is 203 g/mol. The number of hydrogen-bond acceptors (Lipinski definition) is 2. The van der Waals surface area contributed by atoms with Crippen LogP contribution in [0.25, 0.3) is 0 Å². The lowest BCUT2D eigenvalue weighted by Gasteiger charge is -2.30. The van der Waals surface area contributed by atoms with Crippen LogP contribution in [-0.4, -0.2) is 10.8 Å². The first-order valence-corrected chi connectivity index (χ1v) is 5.73. The van der Waals surface area contributed by atoms with E-state index >= 15 is 0 Å². The highest BCUT2D eigenvalue weighted by Gasteiger charge is 2.28. The summed E-state index contributed by atoms with van der Waals surface area (Å²) in [6, 6.07) is 4.10. The van der Waals surface area contributed by atoms with Gasteiger partial charge in [-0.15, -0.1) is 0 Å². The largest absolute Gasteiger partial charge is 0.300 e. The van der Waals surface area contributed by atoms with Crippen LogP contribution in [0.1, 0.15) is 44.1 Å². The van der Waals surface area contributed by atoms with Gasteiger partial charge in [0.25, 0.3) is 0 Å². The highest BCUT2D eigenvalue weighted by Crippen LogP contribution is 2.37. The highest BCUT2D eigenvalue weighted by atomic mass is 16.1. The molecule has 0 spiro atoms. The zero-order valence-electron chi connectivity index (χ0n) is 9.15. The van der Waals surface area contributed by atoms with Crippen molar-refractivity contribution in [3.63, 3.8) is 0 Å². The summed E-state index contributed by atoms with van der Waals surface area (Å²) in [6.45, 7) is 2.22. The molecule has 0 bridgehead atoms. The molecule has 1 heterocycles. The van der Waals surface area contributed by atoms with Gasteiger partial charge in [0, 0.05) is 25.2 Å². The zero-order chi connectivity index (χ0) is 10.7. The van der Waals surface area contributed by atoms with Crippen LogP contribution in [0.2, 0.25) is 0 Å². The molecule has 2 rings (SSSR count). The summed E-state index contributed by atoms with van der Waals surface area (Å²) in [4.78, 5) is 15.5. The Kier molecular flexibility index (Phi) is 3.14. The molecule has 0 amide bonds. The summed E-state index contributed by atoms with van der Waals surface area (Å²) in [5, 5.41) is 0. The minimum absolute atomic E-state index is 0.418. The molecule has 0 radical (unpaired) electrons. The molecule has 0 saturated heterocycles. The summed E-state index contributed by atoms with van der Waals surface area (Å²) in [5.41, 5.74) is 1.28. The molecule has 0 aliphatic heterocycles. The Bertz CT molecular complexity index is 334. The van der Waals surface area contributed by atoms with E-state index < -0.39 is 0 Å². The third kappa shape index (κ3) is 2.25. The Morgan fingerprint density at radius 2 is 2.13 bits per heavy atom. The number of ketones is 1. The van der Waals surface area contributed by atoms with Gasteiger partial charge in [0.05, 0.1) is 0 Å². The third-order valence-corrected chi connectivity index (χ3v) is 3.47. The van der Waals surface area contributed by atoms with Crippen LogP contribution in [-0.2, 0) is 4.79 Å². The minimum Gasteiger partial charge on any atom is -0.300 e. The first-order chi connectivity index (χ1) is 7.31. The Morgan fingerprint density at radius 1 is 1.40 bits per heavy atom. The maximum absolute atomic E-state index is 11.5. The smallest absolute Gasteiger partial charge is 0.133 e. The summed E-state index contributed by atoms with van der Waals surface area (Å²) in [5.74, 6) is 1.52. The fourth-order valence-corrected chi connectivity index (χ4v) is 2.55. The van der Waals surface area contributed by atoms with E-state index in [0.29, 0.717) is 17.6 Å². The lowest BCUT2D eigenvalue weighted by Crippen LogP contribution is -2.22. The molecule has 0 aromatic carbocycles. The fourth-order valence-electron chi connectivity index (χ4n) is 2.55. The monoisotopic (exact) mass is 203 g/mol. The van der Waals surface area contributed by atoms with Crippen molar-refractivity contribution in [2.24, 2.45) is 5.92 Å². The van der Waals surface area contributed by atoms with Crippen LogP contribution in [0.4, 0.5) is 0 Å². The SMILES string of the molecule is CCC1CCC(=O)CC1c1ccncc1. The maximum Gasteiger partial charge on any atom is 0.133 e. The Labute approximate surface area is 90.7 Å². The van der Waals surface area contributed by atoms with E-state index in [-0.39, 0.29) is 0 Å². The van der Waals surface area contributed by atoms with E-state index in [2.05, 4.69) is 11.9 Å². The number of hydrogen-bond donors (Lipinski definition) is 0. The molecular weight excluding hydrogens is 186 g/mol. The molecule has 15 heavy (non-hydrogen) atoms. The van der Waals surface area contributed by atoms with E-state index in [1.807, 2.05) is 24.5 Å². The topological polar surface area (TPSA) is 30.0 Å². The van der Waals surface area contributed by atoms with Crippen molar-refractivity contribution in [3.05, 3.63) is 30.1 Å². The summed E-state index contributed by atoms with van der Waals surface area (Å²) in [6.07, 6.45) is 7.37. The van der Waals surface area contributed by atoms with Crippen LogP contribution in [0.15, 0.2) is 24.5 Å². The minimum atomic E-state index is 0.418. The molecule has 2 unspecified atom stereocenters. The van der Waals surface area contributed by atoms with Gasteiger partial charge in [-0.25, -0.2) is 0 Å². The second-order valence-electron chi connectivity index (χ2n) is 4.34. The molecule has 0 N–H and O–H groups in total. The molecule has 1 aliphatic carbocycles. The molecule has 1 fully saturated rings. The number of pyridine rings is 1. The predicted octanol–water partition coefficient (Wildman–Crippen LogP) is 2.94. The van der Waals surface area contributed by atoms with E-state index in [1.165, 1.54) is 12.0 Å². The molecule has 80 valence electrons. The first kappa shape index (κ1) is 10.3. The van der Waals surface area contributed by atoms with E-state index in [9.17, 15) is 4.79 Å². The van der Waals surface area contributed by atoms with Gasteiger partial charge < -0.3 is 0 Å². The van der Waals surface area contributed by atoms with Gasteiger partial charge in [-0.3, -0.25) is 9.78 Å². The lowest BCUT2D eigenvalue weighted by atomic mass is 9.74. The summed E-state index contributed by atoms with van der Waals surface area (Å²) < 4.78 is 0. The van der Waals surface area contributed by atoms with E-state index in [0.717, 1.165) is 19.3 Å². The lowest BCUT2D eigenvalue weighted by molar-refractivity contribution is -0.121.